The quantitative estimate of drug-likeness (QED) is 0.315. The second kappa shape index (κ2) is 11.4. The Hall–Kier alpha value is -0.113. The summed E-state index contributed by atoms with van der Waals surface area (Å²) in [6.07, 6.45) is 9.69. The van der Waals surface area contributed by atoms with Gasteiger partial charge in [-0.05, 0) is 27.2 Å². The fraction of sp³-hybridized carbons (Fsp3) is 0.895. The third-order valence-corrected chi connectivity index (χ3v) is 6.13. The second-order valence-electron chi connectivity index (χ2n) is 8.51. The van der Waals surface area contributed by atoms with Crippen LogP contribution in [0, 0.1) is 11.5 Å². The summed E-state index contributed by atoms with van der Waals surface area (Å²) in [5.41, 5.74) is 3.43. The molecule has 2 nitrogen and oxygen atoms in total. The molecule has 0 unspecified atom stereocenters. The summed E-state index contributed by atoms with van der Waals surface area (Å²) in [6.45, 7) is 15.1. The zero-order chi connectivity index (χ0) is 17.9. The van der Waals surface area contributed by atoms with Crippen molar-refractivity contribution in [3.8, 4) is 11.5 Å². The summed E-state index contributed by atoms with van der Waals surface area (Å²) < 4.78 is 15.5. The van der Waals surface area contributed by atoms with Gasteiger partial charge in [0.15, 0.2) is 0 Å². The van der Waals surface area contributed by atoms with Crippen LogP contribution in [0.5, 0.6) is 0 Å². The third kappa shape index (κ3) is 14.0. The fourth-order valence-electron chi connectivity index (χ4n) is 2.14. The van der Waals surface area contributed by atoms with Gasteiger partial charge in [0, 0.05) is 12.5 Å². The lowest BCUT2D eigenvalue weighted by Gasteiger charge is -2.23. The summed E-state index contributed by atoms with van der Waals surface area (Å²) in [5, 5.41) is 0. The molecule has 0 aliphatic carbocycles. The Morgan fingerprint density at radius 3 is 2.13 bits per heavy atom. The predicted molar refractivity (Wildman–Crippen MR) is 109 cm³/mol. The van der Waals surface area contributed by atoms with E-state index in [1.54, 1.807) is 0 Å². The van der Waals surface area contributed by atoms with Crippen LogP contribution >= 0.6 is 0 Å². The van der Waals surface area contributed by atoms with E-state index >= 15 is 0 Å². The minimum absolute atomic E-state index is 0.217. The van der Waals surface area contributed by atoms with Crippen LogP contribution in [0.25, 0.3) is 0 Å². The van der Waals surface area contributed by atoms with Crippen LogP contribution in [0.3, 0.4) is 0 Å². The second-order valence-corrected chi connectivity index (χ2v) is 15.3. The molecule has 136 valence electrons. The van der Waals surface area contributed by atoms with E-state index in [1.807, 2.05) is 20.8 Å². The van der Waals surface area contributed by atoms with Crippen molar-refractivity contribution in [2.24, 2.45) is 0 Å². The third-order valence-electron chi connectivity index (χ3n) is 3.55. The summed E-state index contributed by atoms with van der Waals surface area (Å²) >= 11 is 0. The van der Waals surface area contributed by atoms with Gasteiger partial charge in [0.05, 0.1) is 15.7 Å². The Balaban J connectivity index is 4.43. The van der Waals surface area contributed by atoms with E-state index in [2.05, 4.69) is 42.8 Å². The van der Waals surface area contributed by atoms with Crippen LogP contribution in [-0.2, 0) is 11.0 Å². The van der Waals surface area contributed by atoms with Crippen molar-refractivity contribution in [1.82, 2.24) is 4.72 Å². The van der Waals surface area contributed by atoms with Gasteiger partial charge in [0.25, 0.3) is 0 Å². The Morgan fingerprint density at radius 2 is 1.61 bits per heavy atom. The Kier molecular flexibility index (Phi) is 11.4. The number of nitrogens with one attached hydrogen (secondary N) is 1. The molecular formula is C19H39NOSSi. The van der Waals surface area contributed by atoms with E-state index in [1.165, 1.54) is 38.5 Å². The van der Waals surface area contributed by atoms with Gasteiger partial charge in [-0.15, -0.1) is 11.5 Å². The number of unbranched alkanes of at least 4 members (excludes halogenated alkanes) is 5. The lowest BCUT2D eigenvalue weighted by Crippen LogP contribution is -2.39. The summed E-state index contributed by atoms with van der Waals surface area (Å²) in [5.74, 6) is 3.36. The summed E-state index contributed by atoms with van der Waals surface area (Å²) in [7, 11) is -2.33. The van der Waals surface area contributed by atoms with Gasteiger partial charge in [-0.25, -0.2) is 8.93 Å². The SMILES string of the molecule is CCCCCCCC[C@H](CC#C[Si](C)(C)C)N[S@](=O)C(C)(C)C. The van der Waals surface area contributed by atoms with Gasteiger partial charge in [0.2, 0.25) is 0 Å². The lowest BCUT2D eigenvalue weighted by molar-refractivity contribution is 0.511. The number of rotatable bonds is 10. The fourth-order valence-corrected chi connectivity index (χ4v) is 3.63. The molecule has 0 aromatic heterocycles. The van der Waals surface area contributed by atoms with Crippen molar-refractivity contribution in [1.29, 1.82) is 0 Å². The van der Waals surface area contributed by atoms with Crippen molar-refractivity contribution < 1.29 is 4.21 Å². The molecule has 2 atom stereocenters. The van der Waals surface area contributed by atoms with Gasteiger partial charge in [-0.1, -0.05) is 65.1 Å². The highest BCUT2D eigenvalue weighted by Crippen LogP contribution is 2.14. The smallest absolute Gasteiger partial charge is 0.129 e. The van der Waals surface area contributed by atoms with E-state index in [0.29, 0.717) is 0 Å². The van der Waals surface area contributed by atoms with E-state index in [-0.39, 0.29) is 10.8 Å². The first kappa shape index (κ1) is 22.9. The van der Waals surface area contributed by atoms with Gasteiger partial charge < -0.3 is 0 Å². The lowest BCUT2D eigenvalue weighted by atomic mass is 10.0. The topological polar surface area (TPSA) is 29.1 Å². The number of hydrogen-bond acceptors (Lipinski definition) is 1. The Labute approximate surface area is 149 Å². The molecule has 0 saturated heterocycles. The van der Waals surface area contributed by atoms with Crippen LogP contribution in [0.1, 0.15) is 79.1 Å². The molecule has 0 aliphatic heterocycles. The van der Waals surface area contributed by atoms with Crippen molar-refractivity contribution >= 4 is 19.1 Å². The van der Waals surface area contributed by atoms with Crippen LogP contribution < -0.4 is 4.72 Å². The average molecular weight is 358 g/mol. The van der Waals surface area contributed by atoms with Gasteiger partial charge in [0.1, 0.15) is 8.07 Å². The molecule has 0 radical (unpaired) electrons. The molecular weight excluding hydrogens is 318 g/mol. The Morgan fingerprint density at radius 1 is 1.04 bits per heavy atom. The van der Waals surface area contributed by atoms with Crippen LogP contribution in [0.4, 0.5) is 0 Å². The zero-order valence-corrected chi connectivity index (χ0v) is 18.4. The molecule has 0 saturated carbocycles. The largest absolute Gasteiger partial charge is 0.242 e. The maximum absolute atomic E-state index is 12.4. The molecule has 0 rings (SSSR count). The molecule has 0 aromatic carbocycles. The minimum Gasteiger partial charge on any atom is -0.242 e. The van der Waals surface area contributed by atoms with Crippen LogP contribution in [0.15, 0.2) is 0 Å². The van der Waals surface area contributed by atoms with Crippen LogP contribution in [0.2, 0.25) is 19.6 Å². The molecule has 0 bridgehead atoms. The molecule has 0 amide bonds. The first-order chi connectivity index (χ1) is 10.6. The van der Waals surface area contributed by atoms with E-state index in [4.69, 9.17) is 0 Å². The maximum atomic E-state index is 12.4. The summed E-state index contributed by atoms with van der Waals surface area (Å²) in [4.78, 5) is 0. The number of hydrogen-bond donors (Lipinski definition) is 1. The predicted octanol–water partition coefficient (Wildman–Crippen LogP) is 5.43. The zero-order valence-electron chi connectivity index (χ0n) is 16.6. The van der Waals surface area contributed by atoms with E-state index in [9.17, 15) is 4.21 Å². The Bertz CT molecular complexity index is 398. The van der Waals surface area contributed by atoms with Crippen LogP contribution in [-0.4, -0.2) is 23.1 Å². The maximum Gasteiger partial charge on any atom is 0.129 e. The van der Waals surface area contributed by atoms with Crippen molar-refractivity contribution in [2.75, 3.05) is 0 Å². The molecule has 0 heterocycles. The highest BCUT2D eigenvalue weighted by molar-refractivity contribution is 7.84. The van der Waals surface area contributed by atoms with E-state index in [0.717, 1.165) is 12.8 Å². The van der Waals surface area contributed by atoms with Crippen molar-refractivity contribution in [2.45, 2.75) is 109 Å². The van der Waals surface area contributed by atoms with E-state index < -0.39 is 19.1 Å². The first-order valence-corrected chi connectivity index (χ1v) is 13.9. The van der Waals surface area contributed by atoms with Gasteiger partial charge in [-0.2, -0.15) is 0 Å². The van der Waals surface area contributed by atoms with Gasteiger partial charge in [-0.3, -0.25) is 0 Å². The average Bonchev–Trinajstić information content (AvgIpc) is 2.39. The monoisotopic (exact) mass is 357 g/mol. The molecule has 0 fully saturated rings. The first-order valence-electron chi connectivity index (χ1n) is 9.24. The molecule has 0 aliphatic rings. The van der Waals surface area contributed by atoms with Crippen molar-refractivity contribution in [3.05, 3.63) is 0 Å². The molecule has 1 N–H and O–H groups in total. The molecule has 23 heavy (non-hydrogen) atoms. The minimum atomic E-state index is -1.32. The standard InChI is InChI=1S/C19H39NOSSi/c1-8-9-10-11-12-13-15-18(16-14-17-23(5,6)7)20-22(21)19(2,3)4/h18,20H,8-13,15-16H2,1-7H3/t18-,22-/m1/s1. The normalized spacial score (nSPS) is 14.9. The highest BCUT2D eigenvalue weighted by atomic mass is 32.2. The molecule has 0 aromatic rings. The molecule has 0 spiro atoms. The highest BCUT2D eigenvalue weighted by Gasteiger charge is 2.22. The van der Waals surface area contributed by atoms with Gasteiger partial charge >= 0.3 is 0 Å². The van der Waals surface area contributed by atoms with Crippen molar-refractivity contribution in [3.63, 3.8) is 0 Å². The summed E-state index contributed by atoms with van der Waals surface area (Å²) in [6, 6.07) is 0.255. The molecule has 4 heteroatoms.